The molecule has 3 nitrogen and oxygen atoms in total. The zero-order valence-electron chi connectivity index (χ0n) is 10.2. The van der Waals surface area contributed by atoms with Gasteiger partial charge >= 0.3 is 5.97 Å². The van der Waals surface area contributed by atoms with E-state index in [2.05, 4.69) is 6.58 Å². The van der Waals surface area contributed by atoms with Crippen LogP contribution >= 0.6 is 0 Å². The highest BCUT2D eigenvalue weighted by molar-refractivity contribution is 5.81. The lowest BCUT2D eigenvalue weighted by atomic mass is 9.98. The molecule has 0 saturated heterocycles. The molecule has 0 aliphatic heterocycles. The van der Waals surface area contributed by atoms with E-state index in [0.29, 0.717) is 18.9 Å². The number of allylic oxidation sites excluding steroid dienone is 1. The molecule has 0 spiro atoms. The number of carbonyl (C=O) groups excluding carboxylic acids is 1. The van der Waals surface area contributed by atoms with Gasteiger partial charge < -0.3 is 9.84 Å². The summed E-state index contributed by atoms with van der Waals surface area (Å²) in [6, 6.07) is 0. The fraction of sp³-hybridized carbons (Fsp3) is 0.615. The van der Waals surface area contributed by atoms with Crippen molar-refractivity contribution in [2.24, 2.45) is 5.92 Å². The minimum absolute atomic E-state index is 0.304. The molecule has 3 heteroatoms. The zero-order valence-corrected chi connectivity index (χ0v) is 10.2. The van der Waals surface area contributed by atoms with E-state index in [0.717, 1.165) is 12.8 Å². The fourth-order valence-corrected chi connectivity index (χ4v) is 1.44. The Hall–Kier alpha value is -1.09. The molecule has 0 radical (unpaired) electrons. The van der Waals surface area contributed by atoms with Crippen LogP contribution in [0.25, 0.3) is 0 Å². The van der Waals surface area contributed by atoms with Gasteiger partial charge in [-0.25, -0.2) is 4.79 Å². The highest BCUT2D eigenvalue weighted by Crippen LogP contribution is 2.13. The monoisotopic (exact) mass is 226 g/mol. The first-order chi connectivity index (χ1) is 7.60. The van der Waals surface area contributed by atoms with Crippen molar-refractivity contribution >= 4 is 5.97 Å². The Bertz CT molecular complexity index is 233. The van der Waals surface area contributed by atoms with Crippen LogP contribution < -0.4 is 0 Å². The third kappa shape index (κ3) is 8.24. The van der Waals surface area contributed by atoms with Gasteiger partial charge in [0.2, 0.25) is 0 Å². The number of hydrogen-bond acceptors (Lipinski definition) is 3. The highest BCUT2D eigenvalue weighted by atomic mass is 16.5. The molecule has 0 rings (SSSR count). The largest absolute Gasteiger partial charge is 0.463 e. The van der Waals surface area contributed by atoms with Gasteiger partial charge in [0.05, 0.1) is 12.7 Å². The molecule has 0 bridgehead atoms. The average molecular weight is 226 g/mol. The lowest BCUT2D eigenvalue weighted by Gasteiger charge is -2.13. The van der Waals surface area contributed by atoms with Crippen LogP contribution in [0.4, 0.5) is 0 Å². The Labute approximate surface area is 97.8 Å². The van der Waals surface area contributed by atoms with E-state index in [4.69, 9.17) is 4.74 Å². The van der Waals surface area contributed by atoms with E-state index in [1.807, 2.05) is 6.92 Å². The maximum atomic E-state index is 11.0. The van der Waals surface area contributed by atoms with Crippen molar-refractivity contribution in [2.45, 2.75) is 39.2 Å². The molecule has 92 valence electrons. The van der Waals surface area contributed by atoms with Crippen molar-refractivity contribution < 1.29 is 14.6 Å². The van der Waals surface area contributed by atoms with Gasteiger partial charge in [-0.15, -0.1) is 6.58 Å². The summed E-state index contributed by atoms with van der Waals surface area (Å²) in [5.74, 6) is 0.0435. The Balaban J connectivity index is 3.75. The van der Waals surface area contributed by atoms with E-state index in [1.54, 1.807) is 19.1 Å². The second-order valence-electron chi connectivity index (χ2n) is 3.91. The average Bonchev–Trinajstić information content (AvgIpc) is 2.18. The zero-order chi connectivity index (χ0) is 12.4. The van der Waals surface area contributed by atoms with Crippen molar-refractivity contribution in [3.8, 4) is 0 Å². The summed E-state index contributed by atoms with van der Waals surface area (Å²) in [5, 5.41) is 9.53. The number of carbonyl (C=O) groups is 1. The summed E-state index contributed by atoms with van der Waals surface area (Å²) in [6.07, 6.45) is 6.73. The molecular formula is C13H22O3. The Morgan fingerprint density at radius 3 is 2.75 bits per heavy atom. The number of ether oxygens (including phenoxy) is 1. The van der Waals surface area contributed by atoms with Crippen LogP contribution in [0.2, 0.25) is 0 Å². The van der Waals surface area contributed by atoms with E-state index in [-0.39, 0.29) is 12.1 Å². The molecule has 0 unspecified atom stereocenters. The first-order valence-electron chi connectivity index (χ1n) is 5.72. The summed E-state index contributed by atoms with van der Waals surface area (Å²) >= 11 is 0. The minimum Gasteiger partial charge on any atom is -0.463 e. The molecule has 0 aromatic carbocycles. The topological polar surface area (TPSA) is 46.5 Å². The number of hydrogen-bond donors (Lipinski definition) is 1. The molecule has 0 saturated carbocycles. The van der Waals surface area contributed by atoms with Gasteiger partial charge in [-0.2, -0.15) is 0 Å². The first kappa shape index (κ1) is 14.9. The van der Waals surface area contributed by atoms with Crippen molar-refractivity contribution in [3.05, 3.63) is 24.8 Å². The van der Waals surface area contributed by atoms with Crippen molar-refractivity contribution in [1.82, 2.24) is 0 Å². The lowest BCUT2D eigenvalue weighted by molar-refractivity contribution is -0.137. The quantitative estimate of drug-likeness (QED) is 0.393. The van der Waals surface area contributed by atoms with Crippen molar-refractivity contribution in [2.75, 3.05) is 6.61 Å². The molecule has 0 fully saturated rings. The van der Waals surface area contributed by atoms with Gasteiger partial charge in [0, 0.05) is 6.08 Å². The first-order valence-corrected chi connectivity index (χ1v) is 5.72. The molecule has 0 amide bonds. The van der Waals surface area contributed by atoms with Crippen LogP contribution in [0, 0.1) is 5.92 Å². The molecule has 16 heavy (non-hydrogen) atoms. The summed E-state index contributed by atoms with van der Waals surface area (Å²) in [7, 11) is 0. The Kier molecular flexibility index (Phi) is 8.53. The summed E-state index contributed by atoms with van der Waals surface area (Å²) in [4.78, 5) is 11.0. The molecule has 0 aliphatic rings. The van der Waals surface area contributed by atoms with Gasteiger partial charge in [-0.05, 0) is 32.1 Å². The highest BCUT2D eigenvalue weighted by Gasteiger charge is 2.07. The van der Waals surface area contributed by atoms with E-state index < -0.39 is 0 Å². The van der Waals surface area contributed by atoms with Gasteiger partial charge in [0.25, 0.3) is 0 Å². The van der Waals surface area contributed by atoms with Gasteiger partial charge in [0.15, 0.2) is 0 Å². The summed E-state index contributed by atoms with van der Waals surface area (Å²) < 4.78 is 4.75. The van der Waals surface area contributed by atoms with E-state index in [9.17, 15) is 9.90 Å². The lowest BCUT2D eigenvalue weighted by Crippen LogP contribution is -2.10. The normalized spacial score (nSPS) is 14.7. The van der Waals surface area contributed by atoms with Gasteiger partial charge in [-0.3, -0.25) is 0 Å². The molecule has 0 aromatic heterocycles. The number of aliphatic hydroxyl groups excluding tert-OH is 1. The number of rotatable bonds is 8. The maximum absolute atomic E-state index is 11.0. The third-order valence-corrected chi connectivity index (χ3v) is 2.19. The smallest absolute Gasteiger partial charge is 0.330 e. The van der Waals surface area contributed by atoms with Crippen LogP contribution in [0.5, 0.6) is 0 Å². The van der Waals surface area contributed by atoms with Crippen molar-refractivity contribution in [3.63, 3.8) is 0 Å². The number of aliphatic hydroxyl groups is 1. The second-order valence-corrected chi connectivity index (χ2v) is 3.91. The minimum atomic E-state index is -0.330. The van der Waals surface area contributed by atoms with Crippen LogP contribution in [0.3, 0.4) is 0 Å². The molecule has 1 N–H and O–H groups in total. The van der Waals surface area contributed by atoms with E-state index in [1.165, 1.54) is 6.08 Å². The molecule has 0 aliphatic carbocycles. The number of esters is 1. The molecule has 2 atom stereocenters. The third-order valence-electron chi connectivity index (χ3n) is 2.19. The fourth-order valence-electron chi connectivity index (χ4n) is 1.44. The Morgan fingerprint density at radius 2 is 2.19 bits per heavy atom. The Morgan fingerprint density at radius 1 is 1.50 bits per heavy atom. The summed E-state index contributed by atoms with van der Waals surface area (Å²) in [5.41, 5.74) is 0. The molecule has 0 aromatic rings. The maximum Gasteiger partial charge on any atom is 0.330 e. The van der Waals surface area contributed by atoms with E-state index >= 15 is 0 Å². The second kappa shape index (κ2) is 9.16. The predicted molar refractivity (Wildman–Crippen MR) is 65.0 cm³/mol. The van der Waals surface area contributed by atoms with Gasteiger partial charge in [-0.1, -0.05) is 19.1 Å². The van der Waals surface area contributed by atoms with Crippen LogP contribution in [-0.2, 0) is 9.53 Å². The predicted octanol–water partition coefficient (Wildman–Crippen LogP) is 2.46. The van der Waals surface area contributed by atoms with Crippen LogP contribution in [0.1, 0.15) is 33.1 Å². The van der Waals surface area contributed by atoms with Crippen LogP contribution in [-0.4, -0.2) is 23.8 Å². The molecular weight excluding hydrogens is 204 g/mol. The standard InChI is InChI=1S/C13H22O3/c1-4-7-12(14)10-11(3)8-6-9-13(15)16-5-2/h4,6,9,11-12,14H,1,5,7-8,10H2,2-3H3/b9-6+/t11-,12-/m0/s1. The summed E-state index contributed by atoms with van der Waals surface area (Å²) in [6.45, 7) is 7.80. The van der Waals surface area contributed by atoms with Crippen LogP contribution in [0.15, 0.2) is 24.8 Å². The van der Waals surface area contributed by atoms with Crippen molar-refractivity contribution in [1.29, 1.82) is 0 Å². The van der Waals surface area contributed by atoms with Gasteiger partial charge in [0.1, 0.15) is 0 Å². The SMILES string of the molecule is C=CC[C@H](O)C[C@@H](C)C/C=C/C(=O)OCC. The molecule has 0 heterocycles.